The van der Waals surface area contributed by atoms with Gasteiger partial charge in [-0.1, -0.05) is 44.5 Å². The molecule has 3 nitrogen and oxygen atoms in total. The Balaban J connectivity index is 2.46. The third kappa shape index (κ3) is 1.87. The number of carbonyl (C=O) groups excluding carboxylic acids is 1. The van der Waals surface area contributed by atoms with Crippen LogP contribution >= 0.6 is 11.6 Å². The summed E-state index contributed by atoms with van der Waals surface area (Å²) in [7, 11) is 1.40. The molecule has 4 heteroatoms. The minimum Gasteiger partial charge on any atom is -0.467 e. The first-order chi connectivity index (χ1) is 8.94. The van der Waals surface area contributed by atoms with E-state index in [2.05, 4.69) is 0 Å². The topological polar surface area (TPSA) is 38.8 Å². The van der Waals surface area contributed by atoms with Crippen molar-refractivity contribution in [2.45, 2.75) is 38.4 Å². The van der Waals surface area contributed by atoms with Crippen LogP contribution in [0.4, 0.5) is 0 Å². The highest BCUT2D eigenvalue weighted by Crippen LogP contribution is 2.62. The lowest BCUT2D eigenvalue weighted by Crippen LogP contribution is -2.38. The van der Waals surface area contributed by atoms with Crippen LogP contribution in [0.25, 0.3) is 0 Å². The van der Waals surface area contributed by atoms with E-state index in [1.54, 1.807) is 0 Å². The van der Waals surface area contributed by atoms with Gasteiger partial charge >= 0.3 is 5.97 Å². The number of epoxide rings is 1. The fourth-order valence-electron chi connectivity index (χ4n) is 2.96. The molecule has 1 saturated heterocycles. The van der Waals surface area contributed by atoms with E-state index in [1.807, 2.05) is 45.0 Å². The van der Waals surface area contributed by atoms with Crippen molar-refractivity contribution in [2.24, 2.45) is 5.92 Å². The lowest BCUT2D eigenvalue weighted by molar-refractivity contribution is -0.148. The van der Waals surface area contributed by atoms with Crippen LogP contribution in [0.15, 0.2) is 24.3 Å². The summed E-state index contributed by atoms with van der Waals surface area (Å²) in [6, 6.07) is 7.47. The van der Waals surface area contributed by atoms with Crippen LogP contribution in [-0.2, 0) is 19.9 Å². The molecule has 0 spiro atoms. The molecule has 0 saturated carbocycles. The Morgan fingerprint density at radius 3 is 2.37 bits per heavy atom. The normalized spacial score (nSPS) is 29.4. The molecule has 104 valence electrons. The quantitative estimate of drug-likeness (QED) is 0.626. The third-order valence-corrected chi connectivity index (χ3v) is 4.26. The minimum absolute atomic E-state index is 0.0376. The van der Waals surface area contributed by atoms with Crippen molar-refractivity contribution in [3.05, 3.63) is 34.9 Å². The average Bonchev–Trinajstić information content (AvgIpc) is 3.10. The van der Waals surface area contributed by atoms with E-state index in [4.69, 9.17) is 21.1 Å². The number of benzene rings is 1. The van der Waals surface area contributed by atoms with Gasteiger partial charge in [0.15, 0.2) is 0 Å². The van der Waals surface area contributed by atoms with Crippen molar-refractivity contribution in [3.63, 3.8) is 0 Å². The molecule has 0 aliphatic carbocycles. The van der Waals surface area contributed by atoms with E-state index in [0.29, 0.717) is 11.4 Å². The van der Waals surface area contributed by atoms with E-state index >= 15 is 0 Å². The minimum atomic E-state index is -0.885. The number of halogens is 1. The van der Waals surface area contributed by atoms with Crippen LogP contribution < -0.4 is 0 Å². The second kappa shape index (κ2) is 4.80. The number of esters is 1. The monoisotopic (exact) mass is 282 g/mol. The van der Waals surface area contributed by atoms with Gasteiger partial charge in [-0.05, 0) is 30.0 Å². The lowest BCUT2D eigenvalue weighted by Gasteiger charge is -2.20. The summed E-state index contributed by atoms with van der Waals surface area (Å²) >= 11 is 5.92. The highest BCUT2D eigenvalue weighted by Gasteiger charge is 2.76. The molecule has 0 N–H and O–H groups in total. The zero-order valence-electron chi connectivity index (χ0n) is 11.7. The molecule has 1 aromatic carbocycles. The molecule has 0 radical (unpaired) electrons. The van der Waals surface area contributed by atoms with Crippen LogP contribution in [0.3, 0.4) is 0 Å². The molecular weight excluding hydrogens is 264 g/mol. The summed E-state index contributed by atoms with van der Waals surface area (Å²) in [4.78, 5) is 12.2. The van der Waals surface area contributed by atoms with E-state index in [0.717, 1.165) is 5.56 Å². The molecule has 1 aliphatic heterocycles. The summed E-state index contributed by atoms with van der Waals surface area (Å²) in [5.41, 5.74) is -0.512. The fourth-order valence-corrected chi connectivity index (χ4v) is 3.08. The molecule has 19 heavy (non-hydrogen) atoms. The molecular formula is C15H19ClO3. The molecule has 2 unspecified atom stereocenters. The van der Waals surface area contributed by atoms with Gasteiger partial charge in [0.05, 0.1) is 7.11 Å². The predicted molar refractivity (Wildman–Crippen MR) is 74.1 cm³/mol. The van der Waals surface area contributed by atoms with Crippen LogP contribution in [0.2, 0.25) is 5.02 Å². The molecule has 1 fully saturated rings. The second-order valence-corrected chi connectivity index (χ2v) is 5.61. The van der Waals surface area contributed by atoms with Crippen molar-refractivity contribution in [3.8, 4) is 0 Å². The highest BCUT2D eigenvalue weighted by atomic mass is 35.5. The number of methoxy groups -OCH3 is 1. The van der Waals surface area contributed by atoms with Crippen LogP contribution in [0, 0.1) is 5.92 Å². The first-order valence-electron chi connectivity index (χ1n) is 6.49. The van der Waals surface area contributed by atoms with Crippen LogP contribution in [0.5, 0.6) is 0 Å². The zero-order valence-corrected chi connectivity index (χ0v) is 12.5. The van der Waals surface area contributed by atoms with Crippen LogP contribution in [-0.4, -0.2) is 18.7 Å². The molecule has 1 aliphatic rings. The van der Waals surface area contributed by atoms with Crippen molar-refractivity contribution in [2.75, 3.05) is 7.11 Å². The van der Waals surface area contributed by atoms with Gasteiger partial charge in [0.1, 0.15) is 5.60 Å². The Morgan fingerprint density at radius 2 is 1.95 bits per heavy atom. The molecule has 1 heterocycles. The van der Waals surface area contributed by atoms with Gasteiger partial charge in [0.25, 0.3) is 0 Å². The molecule has 0 amide bonds. The Labute approximate surface area is 118 Å². The van der Waals surface area contributed by atoms with Gasteiger partial charge in [-0.3, -0.25) is 0 Å². The molecule has 0 bridgehead atoms. The average molecular weight is 283 g/mol. The summed E-state index contributed by atoms with van der Waals surface area (Å²) in [5, 5.41) is 0.670. The van der Waals surface area contributed by atoms with Gasteiger partial charge in [0.2, 0.25) is 5.60 Å². The standard InChI is InChI=1S/C15H19ClO3/c1-5-14(11-6-8-12(16)9-7-11)15(19-14,10(2)3)13(17)18-4/h6-10H,5H2,1-4H3. The lowest BCUT2D eigenvalue weighted by atomic mass is 9.78. The Bertz CT molecular complexity index is 483. The van der Waals surface area contributed by atoms with Crippen molar-refractivity contribution in [1.29, 1.82) is 0 Å². The number of ether oxygens (including phenoxy) is 2. The number of rotatable bonds is 4. The van der Waals surface area contributed by atoms with Gasteiger partial charge in [0, 0.05) is 5.02 Å². The largest absolute Gasteiger partial charge is 0.467 e. The van der Waals surface area contributed by atoms with E-state index in [9.17, 15) is 4.79 Å². The van der Waals surface area contributed by atoms with Crippen LogP contribution in [0.1, 0.15) is 32.8 Å². The van der Waals surface area contributed by atoms with Crippen molar-refractivity contribution in [1.82, 2.24) is 0 Å². The predicted octanol–water partition coefficient (Wildman–Crippen LogP) is 3.54. The van der Waals surface area contributed by atoms with E-state index in [1.165, 1.54) is 7.11 Å². The summed E-state index contributed by atoms with van der Waals surface area (Å²) < 4.78 is 10.9. The molecule has 2 atom stereocenters. The fraction of sp³-hybridized carbons (Fsp3) is 0.533. The van der Waals surface area contributed by atoms with Crippen molar-refractivity contribution < 1.29 is 14.3 Å². The maximum absolute atomic E-state index is 12.2. The van der Waals surface area contributed by atoms with Gasteiger partial charge in [-0.15, -0.1) is 0 Å². The Morgan fingerprint density at radius 1 is 1.37 bits per heavy atom. The summed E-state index contributed by atoms with van der Waals surface area (Å²) in [6.45, 7) is 5.97. The van der Waals surface area contributed by atoms with Gasteiger partial charge in [-0.25, -0.2) is 4.79 Å². The van der Waals surface area contributed by atoms with Gasteiger partial charge < -0.3 is 9.47 Å². The number of hydrogen-bond donors (Lipinski definition) is 0. The second-order valence-electron chi connectivity index (χ2n) is 5.17. The van der Waals surface area contributed by atoms with Crippen molar-refractivity contribution >= 4 is 17.6 Å². The maximum Gasteiger partial charge on any atom is 0.341 e. The number of carbonyl (C=O) groups is 1. The highest BCUT2D eigenvalue weighted by molar-refractivity contribution is 6.30. The Kier molecular flexibility index (Phi) is 3.63. The maximum atomic E-state index is 12.2. The van der Waals surface area contributed by atoms with E-state index < -0.39 is 11.2 Å². The third-order valence-electron chi connectivity index (χ3n) is 4.00. The Hall–Kier alpha value is -1.06. The zero-order chi connectivity index (χ0) is 14.3. The SMILES string of the molecule is CCC1(c2ccc(Cl)cc2)OC1(C(=O)OC)C(C)C. The molecule has 0 aromatic heterocycles. The summed E-state index contributed by atoms with van der Waals surface area (Å²) in [6.07, 6.45) is 0.710. The smallest absolute Gasteiger partial charge is 0.341 e. The first-order valence-corrected chi connectivity index (χ1v) is 6.87. The molecule has 2 rings (SSSR count). The number of hydrogen-bond acceptors (Lipinski definition) is 3. The summed E-state index contributed by atoms with van der Waals surface area (Å²) in [5.74, 6) is -0.269. The first kappa shape index (κ1) is 14.4. The van der Waals surface area contributed by atoms with Gasteiger partial charge in [-0.2, -0.15) is 0 Å². The van der Waals surface area contributed by atoms with E-state index in [-0.39, 0.29) is 11.9 Å². The molecule has 1 aromatic rings.